The van der Waals surface area contributed by atoms with E-state index in [1.165, 1.54) is 7.11 Å². The van der Waals surface area contributed by atoms with E-state index in [4.69, 9.17) is 4.74 Å². The molecule has 0 amide bonds. The van der Waals surface area contributed by atoms with Crippen LogP contribution in [0.3, 0.4) is 0 Å². The van der Waals surface area contributed by atoms with Gasteiger partial charge in [-0.05, 0) is 17.7 Å². The zero-order valence-electron chi connectivity index (χ0n) is 8.78. The van der Waals surface area contributed by atoms with Gasteiger partial charge in [-0.25, -0.2) is 4.74 Å². The topological polar surface area (TPSA) is 55.5 Å². The van der Waals surface area contributed by atoms with Gasteiger partial charge in [-0.2, -0.15) is 0 Å². The summed E-state index contributed by atoms with van der Waals surface area (Å²) in [7, 11) is 1.51. The first-order chi connectivity index (χ1) is 7.13. The smallest absolute Gasteiger partial charge is 0.191 e. The molecular weight excluding hydrogens is 194 g/mol. The Hall–Kier alpha value is -1.71. The summed E-state index contributed by atoms with van der Waals surface area (Å²) < 4.78 is 5.97. The van der Waals surface area contributed by atoms with E-state index >= 15 is 0 Å². The van der Waals surface area contributed by atoms with E-state index < -0.39 is 0 Å². The Morgan fingerprint density at radius 1 is 1.47 bits per heavy atom. The molecule has 0 saturated carbocycles. The van der Waals surface area contributed by atoms with Crippen molar-refractivity contribution in [3.63, 3.8) is 0 Å². The van der Waals surface area contributed by atoms with Crippen LogP contribution in [0.25, 0.3) is 0 Å². The van der Waals surface area contributed by atoms with Crippen LogP contribution in [-0.4, -0.2) is 29.2 Å². The zero-order valence-corrected chi connectivity index (χ0v) is 8.78. The van der Waals surface area contributed by atoms with E-state index in [9.17, 15) is 10.3 Å². The van der Waals surface area contributed by atoms with Crippen LogP contribution in [0.2, 0.25) is 0 Å². The van der Waals surface area contributed by atoms with Gasteiger partial charge < -0.3 is 15.1 Å². The Kier molecular flexibility index (Phi) is 2.26. The summed E-state index contributed by atoms with van der Waals surface area (Å²) in [5.74, 6) is 0.534. The predicted octanol–water partition coefficient (Wildman–Crippen LogP) is 1.28. The van der Waals surface area contributed by atoms with Gasteiger partial charge in [-0.1, -0.05) is 0 Å². The van der Waals surface area contributed by atoms with E-state index in [1.54, 1.807) is 19.1 Å². The second-order valence-corrected chi connectivity index (χ2v) is 3.62. The molecule has 1 N–H and O–H groups in total. The first-order valence-electron chi connectivity index (χ1n) is 4.82. The molecule has 4 heteroatoms. The van der Waals surface area contributed by atoms with Crippen LogP contribution < -0.4 is 4.74 Å². The Balaban J connectivity index is 2.59. The van der Waals surface area contributed by atoms with Crippen LogP contribution in [0.5, 0.6) is 11.5 Å². The summed E-state index contributed by atoms with van der Waals surface area (Å²) in [5.41, 5.74) is 2.51. The number of ether oxygens (including phenoxy) is 1. The summed E-state index contributed by atoms with van der Waals surface area (Å²) >= 11 is 0. The number of aromatic hydroxyl groups is 1. The van der Waals surface area contributed by atoms with Crippen LogP contribution in [-0.2, 0) is 6.42 Å². The van der Waals surface area contributed by atoms with Crippen LogP contribution in [0, 0.1) is 5.21 Å². The fourth-order valence-corrected chi connectivity index (χ4v) is 1.84. The molecular formula is C11H13NO3. The number of methoxy groups -OCH3 is 1. The van der Waals surface area contributed by atoms with Gasteiger partial charge in [0.1, 0.15) is 0 Å². The highest BCUT2D eigenvalue weighted by Crippen LogP contribution is 2.31. The third-order valence-electron chi connectivity index (χ3n) is 2.75. The van der Waals surface area contributed by atoms with Crippen molar-refractivity contribution in [3.8, 4) is 11.5 Å². The van der Waals surface area contributed by atoms with E-state index in [1.807, 2.05) is 0 Å². The Morgan fingerprint density at radius 2 is 2.20 bits per heavy atom. The van der Waals surface area contributed by atoms with Crippen LogP contribution in [0.1, 0.15) is 18.1 Å². The minimum atomic E-state index is 0.0749. The molecule has 0 aliphatic carbocycles. The second kappa shape index (κ2) is 3.46. The lowest BCUT2D eigenvalue weighted by Gasteiger charge is -2.18. The second-order valence-electron chi connectivity index (χ2n) is 3.62. The molecule has 1 aliphatic rings. The molecule has 0 atom stereocenters. The summed E-state index contributed by atoms with van der Waals surface area (Å²) in [6.07, 6.45) is 0.687. The van der Waals surface area contributed by atoms with Crippen molar-refractivity contribution in [2.24, 2.45) is 0 Å². The molecule has 1 aliphatic heterocycles. The van der Waals surface area contributed by atoms with E-state index in [0.29, 0.717) is 24.4 Å². The van der Waals surface area contributed by atoms with Crippen LogP contribution in [0.4, 0.5) is 0 Å². The highest BCUT2D eigenvalue weighted by atomic mass is 16.5. The molecule has 0 radical (unpaired) electrons. The number of phenolic OH excluding ortho intramolecular Hbond substituents is 1. The molecule has 0 spiro atoms. The van der Waals surface area contributed by atoms with E-state index in [0.717, 1.165) is 15.9 Å². The van der Waals surface area contributed by atoms with Gasteiger partial charge in [0, 0.05) is 18.9 Å². The van der Waals surface area contributed by atoms with Crippen molar-refractivity contribution in [1.29, 1.82) is 0 Å². The largest absolute Gasteiger partial charge is 0.624 e. The number of fused-ring (bicyclic) bond motifs is 1. The van der Waals surface area contributed by atoms with Crippen LogP contribution >= 0.6 is 0 Å². The maximum absolute atomic E-state index is 11.4. The standard InChI is InChI=1S/C11H13NO3/c1-7-9-6-10(13)11(15-2)5-8(9)3-4-12(7)14/h5-6,13H,3-4H2,1-2H3. The molecule has 0 fully saturated rings. The Morgan fingerprint density at radius 3 is 2.87 bits per heavy atom. The third-order valence-corrected chi connectivity index (χ3v) is 2.75. The van der Waals surface area contributed by atoms with Gasteiger partial charge >= 0.3 is 0 Å². The van der Waals surface area contributed by atoms with E-state index in [2.05, 4.69) is 0 Å². The molecule has 4 nitrogen and oxygen atoms in total. The number of benzene rings is 1. The van der Waals surface area contributed by atoms with Crippen LogP contribution in [0.15, 0.2) is 12.1 Å². The molecule has 80 valence electrons. The molecule has 0 aromatic heterocycles. The quantitative estimate of drug-likeness (QED) is 0.557. The number of nitrogens with zero attached hydrogens (tertiary/aromatic N) is 1. The minimum Gasteiger partial charge on any atom is -0.624 e. The van der Waals surface area contributed by atoms with Crippen molar-refractivity contribution in [1.82, 2.24) is 0 Å². The average Bonchev–Trinajstić information content (AvgIpc) is 2.24. The van der Waals surface area contributed by atoms with E-state index in [-0.39, 0.29) is 5.75 Å². The fraction of sp³-hybridized carbons (Fsp3) is 0.364. The molecule has 0 saturated heterocycles. The van der Waals surface area contributed by atoms with Crippen molar-refractivity contribution in [2.75, 3.05) is 13.7 Å². The first kappa shape index (κ1) is 9.83. The molecule has 2 rings (SSSR count). The fourth-order valence-electron chi connectivity index (χ4n) is 1.84. The number of hydroxylamine groups is 1. The lowest BCUT2D eigenvalue weighted by atomic mass is 9.97. The lowest BCUT2D eigenvalue weighted by molar-refractivity contribution is -0.458. The number of hydrogen-bond donors (Lipinski definition) is 1. The summed E-state index contributed by atoms with van der Waals surface area (Å²) in [6, 6.07) is 3.38. The maximum Gasteiger partial charge on any atom is 0.191 e. The monoisotopic (exact) mass is 207 g/mol. The highest BCUT2D eigenvalue weighted by molar-refractivity contribution is 5.97. The average molecular weight is 207 g/mol. The van der Waals surface area contributed by atoms with Gasteiger partial charge in [0.05, 0.1) is 7.11 Å². The van der Waals surface area contributed by atoms with Crippen molar-refractivity contribution < 1.29 is 14.6 Å². The summed E-state index contributed by atoms with van der Waals surface area (Å²) in [4.78, 5) is 0. The summed E-state index contributed by atoms with van der Waals surface area (Å²) in [5, 5.41) is 21.0. The van der Waals surface area contributed by atoms with Gasteiger partial charge in [0.15, 0.2) is 23.8 Å². The predicted molar refractivity (Wildman–Crippen MR) is 56.6 cm³/mol. The zero-order chi connectivity index (χ0) is 11.0. The molecule has 15 heavy (non-hydrogen) atoms. The van der Waals surface area contributed by atoms with Gasteiger partial charge in [0.25, 0.3) is 0 Å². The maximum atomic E-state index is 11.4. The Bertz CT molecular complexity index is 438. The number of phenols is 1. The molecule has 0 unspecified atom stereocenters. The van der Waals surface area contributed by atoms with Crippen molar-refractivity contribution >= 4 is 5.71 Å². The lowest BCUT2D eigenvalue weighted by Crippen LogP contribution is -2.23. The first-order valence-corrected chi connectivity index (χ1v) is 4.82. The van der Waals surface area contributed by atoms with Crippen molar-refractivity contribution in [3.05, 3.63) is 28.5 Å². The molecule has 1 heterocycles. The van der Waals surface area contributed by atoms with Gasteiger partial charge in [-0.15, -0.1) is 0 Å². The number of rotatable bonds is 1. The Labute approximate surface area is 88.0 Å². The third kappa shape index (κ3) is 1.52. The minimum absolute atomic E-state index is 0.0749. The number of hydrogen-bond acceptors (Lipinski definition) is 3. The molecule has 1 aromatic carbocycles. The SMILES string of the molecule is COc1cc2c(cc1O)C(C)=[N+]([O-])CC2. The van der Waals surface area contributed by atoms with Crippen molar-refractivity contribution in [2.45, 2.75) is 13.3 Å². The molecule has 1 aromatic rings. The molecule has 0 bridgehead atoms. The summed E-state index contributed by atoms with van der Waals surface area (Å²) in [6.45, 7) is 2.23. The van der Waals surface area contributed by atoms with Gasteiger partial charge in [-0.3, -0.25) is 0 Å². The highest BCUT2D eigenvalue weighted by Gasteiger charge is 2.21. The normalized spacial score (nSPS) is 15.1. The van der Waals surface area contributed by atoms with Gasteiger partial charge in [0.2, 0.25) is 0 Å².